The van der Waals surface area contributed by atoms with Crippen LogP contribution in [-0.2, 0) is 10.8 Å². The Morgan fingerprint density at radius 3 is 2.81 bits per heavy atom. The molecule has 0 saturated carbocycles. The van der Waals surface area contributed by atoms with E-state index in [0.29, 0.717) is 6.04 Å². The molecule has 0 spiro atoms. The minimum Gasteiger partial charge on any atom is -0.306 e. The Kier molecular flexibility index (Phi) is 4.07. The number of rotatable bonds is 3. The summed E-state index contributed by atoms with van der Waals surface area (Å²) in [5.41, 5.74) is 1.08. The molecule has 2 heterocycles. The third kappa shape index (κ3) is 3.12. The summed E-state index contributed by atoms with van der Waals surface area (Å²) in [5, 5.41) is 3.56. The average Bonchev–Trinajstić information content (AvgIpc) is 2.33. The van der Waals surface area contributed by atoms with Crippen LogP contribution in [0.1, 0.15) is 31.5 Å². The minimum absolute atomic E-state index is 0.276. The molecule has 16 heavy (non-hydrogen) atoms. The molecule has 88 valence electrons. The number of hydrogen-bond donors (Lipinski definition) is 1. The summed E-state index contributed by atoms with van der Waals surface area (Å²) in [6, 6.07) is 6.75. The van der Waals surface area contributed by atoms with Crippen molar-refractivity contribution in [3.63, 3.8) is 0 Å². The van der Waals surface area contributed by atoms with Crippen LogP contribution in [0, 0.1) is 0 Å². The summed E-state index contributed by atoms with van der Waals surface area (Å²) in [5.74, 6) is 1.68. The Bertz CT molecular complexity index is 345. The van der Waals surface area contributed by atoms with Gasteiger partial charge in [-0.2, -0.15) is 0 Å². The van der Waals surface area contributed by atoms with Gasteiger partial charge in [0, 0.05) is 40.6 Å². The summed E-state index contributed by atoms with van der Waals surface area (Å²) >= 11 is 0. The number of hydrogen-bond acceptors (Lipinski definition) is 3. The number of pyridine rings is 1. The van der Waals surface area contributed by atoms with Gasteiger partial charge in [0.15, 0.2) is 0 Å². The van der Waals surface area contributed by atoms with E-state index in [4.69, 9.17) is 0 Å². The smallest absolute Gasteiger partial charge is 0.0570 e. The van der Waals surface area contributed by atoms with Crippen LogP contribution in [0.3, 0.4) is 0 Å². The second-order valence-corrected chi connectivity index (χ2v) is 5.96. The molecule has 0 bridgehead atoms. The van der Waals surface area contributed by atoms with Crippen LogP contribution in [0.15, 0.2) is 24.4 Å². The van der Waals surface area contributed by atoms with E-state index in [1.165, 1.54) is 0 Å². The average molecular weight is 238 g/mol. The maximum absolute atomic E-state index is 11.2. The minimum atomic E-state index is -0.576. The molecule has 0 aliphatic carbocycles. The molecule has 0 aromatic carbocycles. The summed E-state index contributed by atoms with van der Waals surface area (Å²) in [6.45, 7) is 2.13. The SMILES string of the molecule is C[C@H](NC1CCS(=O)CC1)c1ccccn1. The second kappa shape index (κ2) is 5.55. The predicted octanol–water partition coefficient (Wildman–Crippen LogP) is 1.64. The van der Waals surface area contributed by atoms with E-state index in [2.05, 4.69) is 17.2 Å². The molecule has 0 unspecified atom stereocenters. The van der Waals surface area contributed by atoms with E-state index in [1.807, 2.05) is 24.4 Å². The molecule has 1 aromatic rings. The first-order chi connectivity index (χ1) is 7.75. The predicted molar refractivity (Wildman–Crippen MR) is 66.7 cm³/mol. The summed E-state index contributed by atoms with van der Waals surface area (Å²) in [6.07, 6.45) is 3.86. The third-order valence-corrected chi connectivity index (χ3v) is 4.39. The van der Waals surface area contributed by atoms with E-state index in [-0.39, 0.29) is 6.04 Å². The Morgan fingerprint density at radius 2 is 2.19 bits per heavy atom. The molecule has 1 atom stereocenters. The summed E-state index contributed by atoms with van der Waals surface area (Å²) < 4.78 is 11.2. The molecule has 0 amide bonds. The topological polar surface area (TPSA) is 42.0 Å². The zero-order valence-corrected chi connectivity index (χ0v) is 10.4. The highest BCUT2D eigenvalue weighted by atomic mass is 32.2. The lowest BCUT2D eigenvalue weighted by atomic mass is 10.1. The van der Waals surface area contributed by atoms with Crippen LogP contribution in [0.5, 0.6) is 0 Å². The van der Waals surface area contributed by atoms with Crippen molar-refractivity contribution in [1.82, 2.24) is 10.3 Å². The first-order valence-electron chi connectivity index (χ1n) is 5.77. The van der Waals surface area contributed by atoms with Crippen molar-refractivity contribution in [2.45, 2.75) is 31.8 Å². The van der Waals surface area contributed by atoms with Crippen molar-refractivity contribution in [2.24, 2.45) is 0 Å². The fraction of sp³-hybridized carbons (Fsp3) is 0.583. The molecule has 1 saturated heterocycles. The Morgan fingerprint density at radius 1 is 1.44 bits per heavy atom. The molecule has 1 aromatic heterocycles. The van der Waals surface area contributed by atoms with Crippen molar-refractivity contribution < 1.29 is 4.21 Å². The van der Waals surface area contributed by atoms with Crippen molar-refractivity contribution >= 4 is 10.8 Å². The molecule has 2 rings (SSSR count). The second-order valence-electron chi connectivity index (χ2n) is 4.27. The van der Waals surface area contributed by atoms with E-state index < -0.39 is 10.8 Å². The molecule has 1 aliphatic heterocycles. The van der Waals surface area contributed by atoms with E-state index >= 15 is 0 Å². The number of aromatic nitrogens is 1. The first kappa shape index (κ1) is 11.7. The van der Waals surface area contributed by atoms with Crippen LogP contribution in [0.2, 0.25) is 0 Å². The Balaban J connectivity index is 1.88. The van der Waals surface area contributed by atoms with Gasteiger partial charge in [0.05, 0.1) is 5.69 Å². The van der Waals surface area contributed by atoms with Crippen molar-refractivity contribution in [1.29, 1.82) is 0 Å². The molecule has 4 heteroatoms. The highest BCUT2D eigenvalue weighted by Crippen LogP contribution is 2.15. The monoisotopic (exact) mass is 238 g/mol. The molecular weight excluding hydrogens is 220 g/mol. The maximum atomic E-state index is 11.2. The van der Waals surface area contributed by atoms with Crippen molar-refractivity contribution in [3.8, 4) is 0 Å². The van der Waals surface area contributed by atoms with Crippen LogP contribution < -0.4 is 5.32 Å². The number of nitrogens with one attached hydrogen (secondary N) is 1. The van der Waals surface area contributed by atoms with Gasteiger partial charge in [0.25, 0.3) is 0 Å². The molecular formula is C12H18N2OS. The van der Waals surface area contributed by atoms with Gasteiger partial charge in [-0.05, 0) is 31.9 Å². The van der Waals surface area contributed by atoms with Gasteiger partial charge < -0.3 is 5.32 Å². The normalized spacial score (nSPS) is 27.6. The highest BCUT2D eigenvalue weighted by Gasteiger charge is 2.19. The van der Waals surface area contributed by atoms with Crippen molar-refractivity contribution in [2.75, 3.05) is 11.5 Å². The van der Waals surface area contributed by atoms with Crippen molar-refractivity contribution in [3.05, 3.63) is 30.1 Å². The highest BCUT2D eigenvalue weighted by molar-refractivity contribution is 7.85. The zero-order valence-electron chi connectivity index (χ0n) is 9.56. The third-order valence-electron chi connectivity index (χ3n) is 3.01. The first-order valence-corrected chi connectivity index (χ1v) is 7.26. The molecule has 1 N–H and O–H groups in total. The van der Waals surface area contributed by atoms with E-state index in [1.54, 1.807) is 0 Å². The van der Waals surface area contributed by atoms with Crippen LogP contribution >= 0.6 is 0 Å². The van der Waals surface area contributed by atoms with Gasteiger partial charge in [-0.25, -0.2) is 0 Å². The lowest BCUT2D eigenvalue weighted by Gasteiger charge is -2.26. The molecule has 1 aliphatic rings. The van der Waals surface area contributed by atoms with Gasteiger partial charge in [-0.15, -0.1) is 0 Å². The van der Waals surface area contributed by atoms with Gasteiger partial charge in [0.2, 0.25) is 0 Å². The van der Waals surface area contributed by atoms with Gasteiger partial charge in [0.1, 0.15) is 0 Å². The van der Waals surface area contributed by atoms with Gasteiger partial charge in [-0.1, -0.05) is 6.07 Å². The van der Waals surface area contributed by atoms with Gasteiger partial charge >= 0.3 is 0 Å². The van der Waals surface area contributed by atoms with Gasteiger partial charge in [-0.3, -0.25) is 9.19 Å². The summed E-state index contributed by atoms with van der Waals surface area (Å²) in [7, 11) is -0.576. The zero-order chi connectivity index (χ0) is 11.4. The lowest BCUT2D eigenvalue weighted by molar-refractivity contribution is 0.422. The van der Waals surface area contributed by atoms with E-state index in [0.717, 1.165) is 30.0 Å². The quantitative estimate of drug-likeness (QED) is 0.870. The van der Waals surface area contributed by atoms with Crippen LogP contribution in [-0.4, -0.2) is 26.7 Å². The largest absolute Gasteiger partial charge is 0.306 e. The standard InChI is InChI=1S/C12H18N2OS/c1-10(12-4-2-3-7-13-12)14-11-5-8-16(15)9-6-11/h2-4,7,10-11,14H,5-6,8-9H2,1H3/t10-,11?,16?/m0/s1. The number of nitrogens with zero attached hydrogens (tertiary/aromatic N) is 1. The Hall–Kier alpha value is -0.740. The fourth-order valence-corrected chi connectivity index (χ4v) is 3.33. The maximum Gasteiger partial charge on any atom is 0.0570 e. The fourth-order valence-electron chi connectivity index (χ4n) is 2.03. The lowest BCUT2D eigenvalue weighted by Crippen LogP contribution is -2.37. The summed E-state index contributed by atoms with van der Waals surface area (Å²) in [4.78, 5) is 4.34. The van der Waals surface area contributed by atoms with Crippen LogP contribution in [0.25, 0.3) is 0 Å². The van der Waals surface area contributed by atoms with Crippen LogP contribution in [0.4, 0.5) is 0 Å². The molecule has 3 nitrogen and oxygen atoms in total. The molecule has 0 radical (unpaired) electrons. The Labute approximate surface area is 99.1 Å². The van der Waals surface area contributed by atoms with E-state index in [9.17, 15) is 4.21 Å². The molecule has 1 fully saturated rings.